The van der Waals surface area contributed by atoms with Crippen LogP contribution in [0.4, 0.5) is 5.69 Å². The van der Waals surface area contributed by atoms with Crippen LogP contribution < -0.4 is 10.0 Å². The van der Waals surface area contributed by atoms with E-state index in [9.17, 15) is 16.8 Å². The van der Waals surface area contributed by atoms with Crippen LogP contribution in [0.5, 0.6) is 0 Å². The maximum Gasteiger partial charge on any atom is 0.213 e. The van der Waals surface area contributed by atoms with Crippen molar-refractivity contribution in [1.82, 2.24) is 4.72 Å². The van der Waals surface area contributed by atoms with Gasteiger partial charge in [-0.05, 0) is 12.1 Å². The molecule has 1 rings (SSSR count). The third-order valence-electron chi connectivity index (χ3n) is 2.34. The topological polar surface area (TPSA) is 92.3 Å². The molecule has 0 aliphatic carbocycles. The predicted octanol–water partition coefficient (Wildman–Crippen LogP) is 0.441. The van der Waals surface area contributed by atoms with Crippen LogP contribution in [0.3, 0.4) is 0 Å². The van der Waals surface area contributed by atoms with Crippen molar-refractivity contribution in [2.75, 3.05) is 30.4 Å². The second-order valence-electron chi connectivity index (χ2n) is 4.01. The summed E-state index contributed by atoms with van der Waals surface area (Å²) in [6.45, 7) is 2.17. The molecule has 0 amide bonds. The first-order valence-electron chi connectivity index (χ1n) is 5.76. The second-order valence-corrected chi connectivity index (χ2v) is 7.92. The van der Waals surface area contributed by atoms with Crippen LogP contribution >= 0.6 is 0 Å². The zero-order valence-corrected chi connectivity index (χ0v) is 12.5. The molecule has 0 fully saturated rings. The number of para-hydroxylation sites is 1. The van der Waals surface area contributed by atoms with Crippen molar-refractivity contribution in [2.24, 2.45) is 0 Å². The molecule has 2 N–H and O–H groups in total. The molecule has 0 spiro atoms. The van der Waals surface area contributed by atoms with E-state index in [2.05, 4.69) is 10.0 Å². The molecular formula is C11H18N2O4S2. The van der Waals surface area contributed by atoms with Crippen LogP contribution in [0, 0.1) is 0 Å². The lowest BCUT2D eigenvalue weighted by Gasteiger charge is -2.11. The Hall–Kier alpha value is -1.12. The van der Waals surface area contributed by atoms with Crippen molar-refractivity contribution in [3.8, 4) is 0 Å². The number of anilines is 1. The maximum atomic E-state index is 11.5. The van der Waals surface area contributed by atoms with Crippen LogP contribution in [0.25, 0.3) is 0 Å². The normalized spacial score (nSPS) is 12.3. The summed E-state index contributed by atoms with van der Waals surface area (Å²) in [5, 5.41) is 2.84. The van der Waals surface area contributed by atoms with Gasteiger partial charge >= 0.3 is 0 Å². The number of rotatable bonds is 7. The maximum absolute atomic E-state index is 11.5. The van der Waals surface area contributed by atoms with Gasteiger partial charge < -0.3 is 5.32 Å². The Labute approximate surface area is 114 Å². The minimum atomic E-state index is -3.34. The third kappa shape index (κ3) is 5.17. The lowest BCUT2D eigenvalue weighted by Crippen LogP contribution is -2.29. The van der Waals surface area contributed by atoms with Gasteiger partial charge in [0, 0.05) is 19.3 Å². The number of sulfonamides is 1. The minimum absolute atomic E-state index is 0.112. The average Bonchev–Trinajstić information content (AvgIpc) is 2.28. The van der Waals surface area contributed by atoms with Crippen LogP contribution in [0.1, 0.15) is 6.92 Å². The molecule has 8 heteroatoms. The van der Waals surface area contributed by atoms with E-state index in [1.54, 1.807) is 25.1 Å². The first kappa shape index (κ1) is 15.9. The molecule has 0 aromatic heterocycles. The summed E-state index contributed by atoms with van der Waals surface area (Å²) >= 11 is 0. The van der Waals surface area contributed by atoms with Gasteiger partial charge in [-0.25, -0.2) is 21.6 Å². The molecule has 0 heterocycles. The standard InChI is InChI=1S/C11H18N2O4S2/c1-3-13-19(16,17)9-8-12-10-6-4-5-7-11(10)18(2,14)15/h4-7,12-13H,3,8-9H2,1-2H3. The fourth-order valence-corrected chi connectivity index (χ4v) is 3.37. The van der Waals surface area contributed by atoms with E-state index in [0.29, 0.717) is 12.2 Å². The van der Waals surface area contributed by atoms with Crippen molar-refractivity contribution < 1.29 is 16.8 Å². The zero-order chi connectivity index (χ0) is 14.5. The molecule has 1 aromatic rings. The molecule has 19 heavy (non-hydrogen) atoms. The molecule has 0 aliphatic heterocycles. The summed E-state index contributed by atoms with van der Waals surface area (Å²) in [5.41, 5.74) is 0.414. The van der Waals surface area contributed by atoms with Crippen LogP contribution in [-0.4, -0.2) is 41.9 Å². The summed E-state index contributed by atoms with van der Waals surface area (Å²) in [7, 11) is -6.65. The molecule has 0 bridgehead atoms. The highest BCUT2D eigenvalue weighted by Crippen LogP contribution is 2.20. The van der Waals surface area contributed by atoms with E-state index >= 15 is 0 Å². The van der Waals surface area contributed by atoms with Gasteiger partial charge in [0.05, 0.1) is 16.3 Å². The van der Waals surface area contributed by atoms with Crippen molar-refractivity contribution >= 4 is 25.5 Å². The minimum Gasteiger partial charge on any atom is -0.383 e. The van der Waals surface area contributed by atoms with E-state index < -0.39 is 19.9 Å². The molecule has 0 saturated heterocycles. The molecule has 1 aromatic carbocycles. The Morgan fingerprint density at radius 1 is 1.11 bits per heavy atom. The van der Waals surface area contributed by atoms with Crippen LogP contribution in [-0.2, 0) is 19.9 Å². The van der Waals surface area contributed by atoms with Gasteiger partial charge in [-0.3, -0.25) is 0 Å². The molecule has 0 radical (unpaired) electrons. The largest absolute Gasteiger partial charge is 0.383 e. The molecule has 0 aliphatic rings. The summed E-state index contributed by atoms with van der Waals surface area (Å²) in [5.74, 6) is -0.112. The third-order valence-corrected chi connectivity index (χ3v) is 4.96. The van der Waals surface area contributed by atoms with Crippen molar-refractivity contribution in [1.29, 1.82) is 0 Å². The number of hydrogen-bond donors (Lipinski definition) is 2. The number of sulfone groups is 1. The lowest BCUT2D eigenvalue weighted by atomic mass is 10.3. The van der Waals surface area contributed by atoms with Gasteiger partial charge in [-0.1, -0.05) is 19.1 Å². The van der Waals surface area contributed by atoms with Crippen LogP contribution in [0.15, 0.2) is 29.2 Å². The van der Waals surface area contributed by atoms with E-state index in [0.717, 1.165) is 6.26 Å². The first-order valence-corrected chi connectivity index (χ1v) is 9.31. The number of benzene rings is 1. The Bertz CT molecular complexity index is 624. The highest BCUT2D eigenvalue weighted by molar-refractivity contribution is 7.91. The summed E-state index contributed by atoms with van der Waals surface area (Å²) in [6.07, 6.45) is 1.11. The van der Waals surface area contributed by atoms with Crippen molar-refractivity contribution in [3.05, 3.63) is 24.3 Å². The summed E-state index contributed by atoms with van der Waals surface area (Å²) in [4.78, 5) is 0.163. The average molecular weight is 306 g/mol. The van der Waals surface area contributed by atoms with Gasteiger partial charge in [0.15, 0.2) is 9.84 Å². The van der Waals surface area contributed by atoms with Crippen LogP contribution in [0.2, 0.25) is 0 Å². The SMILES string of the molecule is CCNS(=O)(=O)CCNc1ccccc1S(C)(=O)=O. The quantitative estimate of drug-likeness (QED) is 0.762. The Kier molecular flexibility index (Phi) is 5.33. The zero-order valence-electron chi connectivity index (χ0n) is 10.9. The van der Waals surface area contributed by atoms with Crippen molar-refractivity contribution in [3.63, 3.8) is 0 Å². The molecule has 108 valence electrons. The van der Waals surface area contributed by atoms with Gasteiger partial charge in [0.2, 0.25) is 10.0 Å². The van der Waals surface area contributed by atoms with E-state index in [4.69, 9.17) is 0 Å². The Balaban J connectivity index is 2.75. The summed E-state index contributed by atoms with van der Waals surface area (Å²) in [6, 6.07) is 6.40. The van der Waals surface area contributed by atoms with Gasteiger partial charge in [0.25, 0.3) is 0 Å². The smallest absolute Gasteiger partial charge is 0.213 e. The van der Waals surface area contributed by atoms with E-state index in [-0.39, 0.29) is 17.2 Å². The lowest BCUT2D eigenvalue weighted by molar-refractivity contribution is 0.584. The highest BCUT2D eigenvalue weighted by atomic mass is 32.2. The van der Waals surface area contributed by atoms with Gasteiger partial charge in [0.1, 0.15) is 0 Å². The molecule has 0 saturated carbocycles. The second kappa shape index (κ2) is 6.36. The summed E-state index contributed by atoms with van der Waals surface area (Å²) < 4.78 is 48.3. The fourth-order valence-electron chi connectivity index (χ4n) is 1.55. The highest BCUT2D eigenvalue weighted by Gasteiger charge is 2.13. The van der Waals surface area contributed by atoms with E-state index in [1.807, 2.05) is 0 Å². The fraction of sp³-hybridized carbons (Fsp3) is 0.455. The molecule has 0 atom stereocenters. The van der Waals surface area contributed by atoms with Gasteiger partial charge in [-0.2, -0.15) is 0 Å². The molecule has 6 nitrogen and oxygen atoms in total. The molecule has 0 unspecified atom stereocenters. The van der Waals surface area contributed by atoms with Gasteiger partial charge in [-0.15, -0.1) is 0 Å². The van der Waals surface area contributed by atoms with E-state index in [1.165, 1.54) is 6.07 Å². The Morgan fingerprint density at radius 2 is 1.74 bits per heavy atom. The Morgan fingerprint density at radius 3 is 2.32 bits per heavy atom. The number of hydrogen-bond acceptors (Lipinski definition) is 5. The predicted molar refractivity (Wildman–Crippen MR) is 75.5 cm³/mol. The monoisotopic (exact) mass is 306 g/mol. The number of nitrogens with one attached hydrogen (secondary N) is 2. The first-order chi connectivity index (χ1) is 8.76. The van der Waals surface area contributed by atoms with Crippen molar-refractivity contribution in [2.45, 2.75) is 11.8 Å². The molecular weight excluding hydrogens is 288 g/mol.